The fourth-order valence-corrected chi connectivity index (χ4v) is 6.75. The van der Waals surface area contributed by atoms with Crippen LogP contribution >= 0.6 is 0 Å². The van der Waals surface area contributed by atoms with Gasteiger partial charge < -0.3 is 9.13 Å². The number of hydrogen-bond acceptors (Lipinski definition) is 6. The summed E-state index contributed by atoms with van der Waals surface area (Å²) >= 11 is 0. The topological polar surface area (TPSA) is 131 Å². The minimum atomic E-state index is -0.252. The second-order valence-electron chi connectivity index (χ2n) is 13.1. The van der Waals surface area contributed by atoms with Crippen LogP contribution in [-0.4, -0.2) is 19.1 Å². The zero-order valence-electron chi connectivity index (χ0n) is 28.9. The molecule has 2 heterocycles. The van der Waals surface area contributed by atoms with E-state index in [0.717, 1.165) is 62.5 Å². The van der Waals surface area contributed by atoms with Crippen LogP contribution in [0, 0.1) is 45.3 Å². The van der Waals surface area contributed by atoms with Gasteiger partial charge in [-0.25, -0.2) is 9.97 Å². The van der Waals surface area contributed by atoms with Gasteiger partial charge in [-0.1, -0.05) is 115 Å². The summed E-state index contributed by atoms with van der Waals surface area (Å²) in [7, 11) is 0. The van der Waals surface area contributed by atoms with Crippen molar-refractivity contribution in [1.29, 1.82) is 21.0 Å². The van der Waals surface area contributed by atoms with E-state index in [-0.39, 0.29) is 16.8 Å². The lowest BCUT2D eigenvalue weighted by Crippen LogP contribution is -2.15. The van der Waals surface area contributed by atoms with Gasteiger partial charge in [0.15, 0.2) is 22.8 Å². The Kier molecular flexibility index (Phi) is 10.9. The molecule has 0 amide bonds. The minimum absolute atomic E-state index is 0.167. The first kappa shape index (κ1) is 34.6. The molecule has 0 fully saturated rings. The molecule has 4 aromatic rings. The van der Waals surface area contributed by atoms with Crippen LogP contribution in [0.4, 0.5) is 0 Å². The first-order valence-corrected chi connectivity index (χ1v) is 17.3. The zero-order chi connectivity index (χ0) is 35.0. The third-order valence-corrected chi connectivity index (χ3v) is 9.46. The number of unbranched alkanes of at least 4 members (excludes halogenated alkanes) is 6. The van der Waals surface area contributed by atoms with Crippen molar-refractivity contribution in [2.75, 3.05) is 0 Å². The van der Waals surface area contributed by atoms with Gasteiger partial charge in [0.05, 0.1) is 0 Å². The standard InChI is InChI=1S/C41H42N8/c1-5-7-9-11-21-48-37(27-44)35(25-42)46-39(48)19-15-29-13-17-31-32-18-14-30(24-34(32)41(3,4)33(31)23-29)16-20-40-47-36(26-43)38(28-45)49(40)22-12-10-8-6-2/h13-20,23-24H,5-12,21-22H2,1-4H3/b19-15+,20-16+. The summed E-state index contributed by atoms with van der Waals surface area (Å²) in [5.41, 5.74) is 7.61. The van der Waals surface area contributed by atoms with E-state index < -0.39 is 0 Å². The number of nitriles is 4. The van der Waals surface area contributed by atoms with Gasteiger partial charge in [0, 0.05) is 18.5 Å². The first-order valence-electron chi connectivity index (χ1n) is 17.3. The van der Waals surface area contributed by atoms with Crippen molar-refractivity contribution in [1.82, 2.24) is 19.1 Å². The van der Waals surface area contributed by atoms with Gasteiger partial charge in [0.1, 0.15) is 35.9 Å². The lowest BCUT2D eigenvalue weighted by Gasteiger charge is -2.22. The van der Waals surface area contributed by atoms with Crippen LogP contribution in [0.1, 0.15) is 136 Å². The van der Waals surface area contributed by atoms with Crippen molar-refractivity contribution in [2.45, 2.75) is 97.6 Å². The third kappa shape index (κ3) is 7.11. The highest BCUT2D eigenvalue weighted by atomic mass is 15.1. The second-order valence-corrected chi connectivity index (χ2v) is 13.1. The van der Waals surface area contributed by atoms with E-state index in [0.29, 0.717) is 36.1 Å². The summed E-state index contributed by atoms with van der Waals surface area (Å²) in [4.78, 5) is 8.98. The first-order chi connectivity index (χ1) is 23.8. The number of benzene rings is 2. The second kappa shape index (κ2) is 15.5. The van der Waals surface area contributed by atoms with E-state index in [9.17, 15) is 21.0 Å². The number of imidazole rings is 2. The van der Waals surface area contributed by atoms with Gasteiger partial charge in [0.25, 0.3) is 0 Å². The summed E-state index contributed by atoms with van der Waals surface area (Å²) < 4.78 is 3.74. The van der Waals surface area contributed by atoms with Gasteiger partial charge in [-0.2, -0.15) is 21.0 Å². The zero-order valence-corrected chi connectivity index (χ0v) is 28.9. The normalized spacial score (nSPS) is 12.8. The van der Waals surface area contributed by atoms with Crippen LogP contribution in [-0.2, 0) is 18.5 Å². The molecule has 2 aromatic heterocycles. The van der Waals surface area contributed by atoms with Gasteiger partial charge >= 0.3 is 0 Å². The Balaban J connectivity index is 1.41. The molecule has 0 radical (unpaired) electrons. The van der Waals surface area contributed by atoms with Crippen molar-refractivity contribution in [3.8, 4) is 35.4 Å². The number of fused-ring (bicyclic) bond motifs is 3. The molecule has 8 nitrogen and oxygen atoms in total. The maximum Gasteiger partial charge on any atom is 0.177 e. The van der Waals surface area contributed by atoms with Gasteiger partial charge in [-0.3, -0.25) is 0 Å². The molecule has 0 aliphatic heterocycles. The molecule has 0 saturated carbocycles. The molecule has 2 aromatic carbocycles. The summed E-state index contributed by atoms with van der Waals surface area (Å²) in [6, 6.07) is 21.5. The highest BCUT2D eigenvalue weighted by Gasteiger charge is 2.35. The molecule has 1 aliphatic carbocycles. The van der Waals surface area contributed by atoms with E-state index in [1.807, 2.05) is 33.4 Å². The highest BCUT2D eigenvalue weighted by molar-refractivity contribution is 5.84. The minimum Gasteiger partial charge on any atom is -0.315 e. The van der Waals surface area contributed by atoms with Crippen molar-refractivity contribution < 1.29 is 0 Å². The predicted molar refractivity (Wildman–Crippen MR) is 193 cm³/mol. The Labute approximate surface area is 289 Å². The van der Waals surface area contributed by atoms with E-state index in [4.69, 9.17) is 0 Å². The summed E-state index contributed by atoms with van der Waals surface area (Å²) in [5, 5.41) is 38.7. The Morgan fingerprint density at radius 3 is 1.39 bits per heavy atom. The van der Waals surface area contributed by atoms with Crippen LogP contribution in [0.25, 0.3) is 35.4 Å². The average Bonchev–Trinajstić information content (AvgIpc) is 3.72. The Hall–Kier alpha value is -5.70. The molecule has 0 atom stereocenters. The summed E-state index contributed by atoms with van der Waals surface area (Å²) in [5.74, 6) is 1.24. The van der Waals surface area contributed by atoms with Crippen molar-refractivity contribution in [2.24, 2.45) is 0 Å². The monoisotopic (exact) mass is 646 g/mol. The Bertz CT molecular complexity index is 1930. The SMILES string of the molecule is CCCCCCn1c(/C=C/c2ccc3c(c2)C(C)(C)c2cc(/C=C/c4nc(C#N)c(C#N)n4CCCCCC)ccc2-3)nc(C#N)c1C#N. The highest BCUT2D eigenvalue weighted by Crippen LogP contribution is 2.49. The van der Waals surface area contributed by atoms with E-state index in [1.54, 1.807) is 0 Å². The molecule has 0 saturated heterocycles. The van der Waals surface area contributed by atoms with Crippen molar-refractivity contribution in [3.63, 3.8) is 0 Å². The maximum absolute atomic E-state index is 9.77. The van der Waals surface area contributed by atoms with Gasteiger partial charge in [-0.15, -0.1) is 0 Å². The van der Waals surface area contributed by atoms with Crippen molar-refractivity contribution in [3.05, 3.63) is 93.1 Å². The average molecular weight is 647 g/mol. The fraction of sp³-hybridized carbons (Fsp3) is 0.366. The van der Waals surface area contributed by atoms with Gasteiger partial charge in [0.2, 0.25) is 0 Å². The molecule has 8 heteroatoms. The van der Waals surface area contributed by atoms with Crippen LogP contribution in [0.15, 0.2) is 36.4 Å². The molecule has 0 unspecified atom stereocenters. The molecule has 1 aliphatic rings. The molecule has 246 valence electrons. The summed E-state index contributed by atoms with van der Waals surface area (Å²) in [6.45, 7) is 10.1. The number of hydrogen-bond donors (Lipinski definition) is 0. The van der Waals surface area contributed by atoms with Crippen LogP contribution in [0.3, 0.4) is 0 Å². The number of rotatable bonds is 14. The van der Waals surface area contributed by atoms with E-state index in [2.05, 4.69) is 98.3 Å². The molecule has 49 heavy (non-hydrogen) atoms. The molecule has 0 spiro atoms. The summed E-state index contributed by atoms with van der Waals surface area (Å²) in [6.07, 6.45) is 16.3. The quantitative estimate of drug-likeness (QED) is 0.125. The molecular formula is C41H42N8. The van der Waals surface area contributed by atoms with Crippen LogP contribution in [0.2, 0.25) is 0 Å². The maximum atomic E-state index is 9.77. The van der Waals surface area contributed by atoms with Crippen LogP contribution in [0.5, 0.6) is 0 Å². The Morgan fingerprint density at radius 1 is 0.592 bits per heavy atom. The molecule has 0 bridgehead atoms. The molecular weight excluding hydrogens is 605 g/mol. The van der Waals surface area contributed by atoms with Gasteiger partial charge in [-0.05, 0) is 58.4 Å². The number of nitrogens with zero attached hydrogens (tertiary/aromatic N) is 8. The molecule has 0 N–H and O–H groups in total. The smallest absolute Gasteiger partial charge is 0.177 e. The molecule has 5 rings (SSSR count). The lowest BCUT2D eigenvalue weighted by atomic mass is 9.81. The fourth-order valence-electron chi connectivity index (χ4n) is 6.75. The number of aromatic nitrogens is 4. The van der Waals surface area contributed by atoms with E-state index in [1.165, 1.54) is 22.3 Å². The third-order valence-electron chi connectivity index (χ3n) is 9.46. The largest absolute Gasteiger partial charge is 0.315 e. The van der Waals surface area contributed by atoms with Crippen molar-refractivity contribution >= 4 is 24.3 Å². The Morgan fingerprint density at radius 2 is 1.02 bits per heavy atom. The predicted octanol–water partition coefficient (Wildman–Crippen LogP) is 9.37. The van der Waals surface area contributed by atoms with Crippen LogP contribution < -0.4 is 0 Å². The van der Waals surface area contributed by atoms with E-state index >= 15 is 0 Å². The lowest BCUT2D eigenvalue weighted by molar-refractivity contribution is 0.576.